The first kappa shape index (κ1) is 14.3. The molecule has 0 amide bonds. The molecule has 1 aromatic heterocycles. The zero-order valence-corrected chi connectivity index (χ0v) is 11.5. The van der Waals surface area contributed by atoms with Gasteiger partial charge in [-0.15, -0.1) is 0 Å². The zero-order valence-electron chi connectivity index (χ0n) is 11.5. The first-order chi connectivity index (χ1) is 7.97. The van der Waals surface area contributed by atoms with Gasteiger partial charge >= 0.3 is 0 Å². The summed E-state index contributed by atoms with van der Waals surface area (Å²) >= 11 is 0. The van der Waals surface area contributed by atoms with E-state index in [0.29, 0.717) is 6.61 Å². The highest BCUT2D eigenvalue weighted by Gasteiger charge is 2.08. The molecule has 0 saturated carbocycles. The molecular weight excluding hydrogens is 214 g/mol. The van der Waals surface area contributed by atoms with Crippen molar-refractivity contribution >= 4 is 0 Å². The zero-order chi connectivity index (χ0) is 12.7. The Morgan fingerprint density at radius 1 is 1.41 bits per heavy atom. The number of rotatable bonds is 7. The molecule has 98 valence electrons. The smallest absolute Gasteiger partial charge is 0.129 e. The number of hydrogen-bond donors (Lipinski definition) is 1. The normalized spacial score (nSPS) is 13.9. The van der Waals surface area contributed by atoms with Crippen LogP contribution >= 0.6 is 0 Å². The summed E-state index contributed by atoms with van der Waals surface area (Å²) in [7, 11) is 0. The SMILES string of the molecule is CC(CCCNC(C)(C)C)OCc1ccco1. The van der Waals surface area contributed by atoms with Gasteiger partial charge in [0, 0.05) is 5.54 Å². The summed E-state index contributed by atoms with van der Waals surface area (Å²) in [5, 5.41) is 3.47. The molecule has 0 radical (unpaired) electrons. The van der Waals surface area contributed by atoms with Crippen LogP contribution in [0.25, 0.3) is 0 Å². The first-order valence-electron chi connectivity index (χ1n) is 6.36. The van der Waals surface area contributed by atoms with Crippen LogP contribution in [0, 0.1) is 0 Å². The van der Waals surface area contributed by atoms with E-state index in [1.807, 2.05) is 12.1 Å². The molecular formula is C14H25NO2. The van der Waals surface area contributed by atoms with Crippen LogP contribution in [0.15, 0.2) is 22.8 Å². The lowest BCUT2D eigenvalue weighted by Crippen LogP contribution is -2.36. The van der Waals surface area contributed by atoms with E-state index in [4.69, 9.17) is 9.15 Å². The van der Waals surface area contributed by atoms with E-state index in [1.165, 1.54) is 0 Å². The molecule has 1 rings (SSSR count). The summed E-state index contributed by atoms with van der Waals surface area (Å²) in [5.74, 6) is 0.893. The average Bonchev–Trinajstić information content (AvgIpc) is 2.73. The minimum absolute atomic E-state index is 0.207. The summed E-state index contributed by atoms with van der Waals surface area (Å²) in [6, 6.07) is 3.82. The summed E-state index contributed by atoms with van der Waals surface area (Å²) in [4.78, 5) is 0. The Bertz CT molecular complexity index is 288. The number of hydrogen-bond acceptors (Lipinski definition) is 3. The van der Waals surface area contributed by atoms with E-state index < -0.39 is 0 Å². The van der Waals surface area contributed by atoms with Gasteiger partial charge in [-0.05, 0) is 59.2 Å². The molecule has 0 bridgehead atoms. The molecule has 1 atom stereocenters. The van der Waals surface area contributed by atoms with Crippen molar-refractivity contribution in [2.45, 2.75) is 58.8 Å². The Balaban J connectivity index is 2.03. The van der Waals surface area contributed by atoms with Gasteiger partial charge in [0.05, 0.1) is 12.4 Å². The van der Waals surface area contributed by atoms with Gasteiger partial charge in [0.15, 0.2) is 0 Å². The van der Waals surface area contributed by atoms with E-state index in [9.17, 15) is 0 Å². The third-order valence-electron chi connectivity index (χ3n) is 2.53. The molecule has 1 unspecified atom stereocenters. The quantitative estimate of drug-likeness (QED) is 0.741. The second kappa shape index (κ2) is 6.82. The average molecular weight is 239 g/mol. The standard InChI is InChI=1S/C14H25NO2/c1-12(7-5-9-15-14(2,3)4)17-11-13-8-6-10-16-13/h6,8,10,12,15H,5,7,9,11H2,1-4H3. The van der Waals surface area contributed by atoms with Crippen LogP contribution < -0.4 is 5.32 Å². The number of furan rings is 1. The molecule has 0 aliphatic rings. The van der Waals surface area contributed by atoms with Crippen LogP contribution in [-0.4, -0.2) is 18.2 Å². The molecule has 0 fully saturated rings. The molecule has 1 N–H and O–H groups in total. The highest BCUT2D eigenvalue weighted by Crippen LogP contribution is 2.08. The summed E-state index contributed by atoms with van der Waals surface area (Å²) < 4.78 is 10.9. The fourth-order valence-corrected chi connectivity index (χ4v) is 1.56. The van der Waals surface area contributed by atoms with Crippen molar-refractivity contribution in [1.29, 1.82) is 0 Å². The van der Waals surface area contributed by atoms with Crippen LogP contribution in [0.5, 0.6) is 0 Å². The highest BCUT2D eigenvalue weighted by molar-refractivity contribution is 4.96. The van der Waals surface area contributed by atoms with Crippen LogP contribution in [-0.2, 0) is 11.3 Å². The van der Waals surface area contributed by atoms with Gasteiger partial charge in [-0.3, -0.25) is 0 Å². The molecule has 3 heteroatoms. The van der Waals surface area contributed by atoms with Crippen LogP contribution in [0.3, 0.4) is 0 Å². The van der Waals surface area contributed by atoms with Crippen LogP contribution in [0.2, 0.25) is 0 Å². The van der Waals surface area contributed by atoms with E-state index >= 15 is 0 Å². The number of ether oxygens (including phenoxy) is 1. The second-order valence-corrected chi connectivity index (χ2v) is 5.52. The van der Waals surface area contributed by atoms with Gasteiger partial charge in [-0.25, -0.2) is 0 Å². The van der Waals surface area contributed by atoms with Crippen molar-refractivity contribution in [1.82, 2.24) is 5.32 Å². The van der Waals surface area contributed by atoms with Crippen molar-refractivity contribution in [3.63, 3.8) is 0 Å². The lowest BCUT2D eigenvalue weighted by Gasteiger charge is -2.21. The fraction of sp³-hybridized carbons (Fsp3) is 0.714. The van der Waals surface area contributed by atoms with Gasteiger partial charge in [0.1, 0.15) is 12.4 Å². The Morgan fingerprint density at radius 3 is 2.76 bits per heavy atom. The minimum atomic E-state index is 0.207. The van der Waals surface area contributed by atoms with Crippen LogP contribution in [0.4, 0.5) is 0 Å². The predicted molar refractivity (Wildman–Crippen MR) is 69.9 cm³/mol. The molecule has 1 heterocycles. The highest BCUT2D eigenvalue weighted by atomic mass is 16.5. The Hall–Kier alpha value is -0.800. The van der Waals surface area contributed by atoms with E-state index in [-0.39, 0.29) is 11.6 Å². The Labute approximate surface area is 105 Å². The van der Waals surface area contributed by atoms with Gasteiger partial charge < -0.3 is 14.5 Å². The van der Waals surface area contributed by atoms with E-state index in [2.05, 4.69) is 33.0 Å². The monoisotopic (exact) mass is 239 g/mol. The topological polar surface area (TPSA) is 34.4 Å². The van der Waals surface area contributed by atoms with Gasteiger partial charge in [-0.2, -0.15) is 0 Å². The Kier molecular flexibility index (Phi) is 5.72. The molecule has 0 aromatic carbocycles. The van der Waals surface area contributed by atoms with Gasteiger partial charge in [0.25, 0.3) is 0 Å². The number of nitrogens with one attached hydrogen (secondary N) is 1. The van der Waals surface area contributed by atoms with Crippen molar-refractivity contribution in [3.05, 3.63) is 24.2 Å². The fourth-order valence-electron chi connectivity index (χ4n) is 1.56. The van der Waals surface area contributed by atoms with Crippen molar-refractivity contribution in [3.8, 4) is 0 Å². The molecule has 17 heavy (non-hydrogen) atoms. The van der Waals surface area contributed by atoms with Crippen molar-refractivity contribution in [2.75, 3.05) is 6.54 Å². The summed E-state index contributed by atoms with van der Waals surface area (Å²) in [5.41, 5.74) is 0.207. The maximum atomic E-state index is 5.70. The molecule has 3 nitrogen and oxygen atoms in total. The van der Waals surface area contributed by atoms with E-state index in [0.717, 1.165) is 25.1 Å². The summed E-state index contributed by atoms with van der Waals surface area (Å²) in [6.07, 6.45) is 4.17. The third kappa shape index (κ3) is 7.18. The predicted octanol–water partition coefficient (Wildman–Crippen LogP) is 3.35. The van der Waals surface area contributed by atoms with Crippen molar-refractivity contribution < 1.29 is 9.15 Å². The Morgan fingerprint density at radius 2 is 2.18 bits per heavy atom. The minimum Gasteiger partial charge on any atom is -0.467 e. The van der Waals surface area contributed by atoms with E-state index in [1.54, 1.807) is 6.26 Å². The first-order valence-corrected chi connectivity index (χ1v) is 6.36. The molecule has 0 aliphatic carbocycles. The molecule has 0 spiro atoms. The van der Waals surface area contributed by atoms with Crippen LogP contribution in [0.1, 0.15) is 46.3 Å². The largest absolute Gasteiger partial charge is 0.467 e. The third-order valence-corrected chi connectivity index (χ3v) is 2.53. The van der Waals surface area contributed by atoms with Gasteiger partial charge in [0.2, 0.25) is 0 Å². The molecule has 0 saturated heterocycles. The molecule has 1 aromatic rings. The molecule has 0 aliphatic heterocycles. The maximum Gasteiger partial charge on any atom is 0.129 e. The van der Waals surface area contributed by atoms with Gasteiger partial charge in [-0.1, -0.05) is 0 Å². The maximum absolute atomic E-state index is 5.70. The second-order valence-electron chi connectivity index (χ2n) is 5.52. The summed E-state index contributed by atoms with van der Waals surface area (Å²) in [6.45, 7) is 10.3. The lowest BCUT2D eigenvalue weighted by atomic mass is 10.1. The van der Waals surface area contributed by atoms with Crippen molar-refractivity contribution in [2.24, 2.45) is 0 Å². The lowest BCUT2D eigenvalue weighted by molar-refractivity contribution is 0.0362.